The minimum Gasteiger partial charge on any atom is -0.297 e. The number of nitrogens with zero attached hydrogens (tertiary/aromatic N) is 1. The number of anilines is 1. The summed E-state index contributed by atoms with van der Waals surface area (Å²) in [5.41, 5.74) is 1.54. The number of amides is 1. The molecule has 2 heterocycles. The lowest BCUT2D eigenvalue weighted by atomic mass is 10.2. The summed E-state index contributed by atoms with van der Waals surface area (Å²) in [7, 11) is 0. The molecule has 4 rings (SSSR count). The zero-order valence-electron chi connectivity index (χ0n) is 12.9. The van der Waals surface area contributed by atoms with Crippen LogP contribution in [0.3, 0.4) is 0 Å². The zero-order valence-corrected chi connectivity index (χ0v) is 16.8. The minimum absolute atomic E-state index is 0.272. The van der Waals surface area contributed by atoms with Crippen LogP contribution in [0, 0.1) is 0 Å². The molecule has 0 spiro atoms. The van der Waals surface area contributed by atoms with Gasteiger partial charge in [0.15, 0.2) is 5.13 Å². The number of aromatic nitrogens is 1. The Morgan fingerprint density at radius 3 is 2.62 bits per heavy atom. The van der Waals surface area contributed by atoms with Crippen LogP contribution in [0.25, 0.3) is 21.3 Å². The molecule has 0 aliphatic carbocycles. The van der Waals surface area contributed by atoms with Crippen molar-refractivity contribution in [2.24, 2.45) is 0 Å². The molecule has 0 bridgehead atoms. The molecule has 130 valence electrons. The Morgan fingerprint density at radius 2 is 1.85 bits per heavy atom. The van der Waals surface area contributed by atoms with Crippen LogP contribution in [-0.2, 0) is 0 Å². The largest absolute Gasteiger partial charge is 0.297 e. The third-order valence-electron chi connectivity index (χ3n) is 3.68. The van der Waals surface area contributed by atoms with Gasteiger partial charge in [-0.1, -0.05) is 59.1 Å². The first kappa shape index (κ1) is 17.8. The number of rotatable bonds is 3. The summed E-state index contributed by atoms with van der Waals surface area (Å²) in [6.45, 7) is 0. The highest BCUT2D eigenvalue weighted by molar-refractivity contribution is 7.21. The van der Waals surface area contributed by atoms with Crippen molar-refractivity contribution >= 4 is 78.6 Å². The fraction of sp³-hybridized carbons (Fsp3) is 0. The van der Waals surface area contributed by atoms with E-state index in [1.807, 2.05) is 35.7 Å². The van der Waals surface area contributed by atoms with Gasteiger partial charge < -0.3 is 0 Å². The van der Waals surface area contributed by atoms with Gasteiger partial charge in [0.05, 0.1) is 20.8 Å². The summed E-state index contributed by atoms with van der Waals surface area (Å²) in [6, 6.07) is 12.9. The Morgan fingerprint density at radius 1 is 1.04 bits per heavy atom. The summed E-state index contributed by atoms with van der Waals surface area (Å²) in [4.78, 5) is 17.5. The fourth-order valence-electron chi connectivity index (χ4n) is 2.43. The molecule has 8 heteroatoms. The van der Waals surface area contributed by atoms with Crippen molar-refractivity contribution in [3.05, 3.63) is 67.8 Å². The highest BCUT2D eigenvalue weighted by atomic mass is 35.5. The smallest absolute Gasteiger partial charge is 0.269 e. The van der Waals surface area contributed by atoms with Crippen LogP contribution in [-0.4, -0.2) is 10.9 Å². The number of nitrogens with one attached hydrogen (secondary N) is 1. The lowest BCUT2D eigenvalue weighted by molar-refractivity contribution is 0.103. The van der Waals surface area contributed by atoms with Crippen molar-refractivity contribution in [3.8, 4) is 11.3 Å². The molecule has 2 aromatic heterocycles. The summed E-state index contributed by atoms with van der Waals surface area (Å²) >= 11 is 21.0. The summed E-state index contributed by atoms with van der Waals surface area (Å²) in [6.07, 6.45) is 0. The number of thiazole rings is 1. The number of carbonyl (C=O) groups excluding carboxylic acids is 1. The van der Waals surface area contributed by atoms with E-state index in [-0.39, 0.29) is 5.91 Å². The third-order valence-corrected chi connectivity index (χ3v) is 6.85. The normalized spacial score (nSPS) is 11.0. The number of thiophene rings is 1. The molecule has 4 aromatic rings. The van der Waals surface area contributed by atoms with E-state index in [4.69, 9.17) is 34.8 Å². The van der Waals surface area contributed by atoms with Crippen LogP contribution in [0.4, 0.5) is 5.13 Å². The maximum Gasteiger partial charge on any atom is 0.269 e. The molecular weight excluding hydrogens is 431 g/mol. The van der Waals surface area contributed by atoms with Crippen molar-refractivity contribution < 1.29 is 4.79 Å². The average molecular weight is 440 g/mol. The van der Waals surface area contributed by atoms with Gasteiger partial charge in [-0.05, 0) is 18.2 Å². The first-order valence-corrected chi connectivity index (χ1v) is 10.3. The predicted molar refractivity (Wildman–Crippen MR) is 112 cm³/mol. The highest BCUT2D eigenvalue weighted by Crippen LogP contribution is 2.36. The number of hydrogen-bond donors (Lipinski definition) is 1. The van der Waals surface area contributed by atoms with Crippen LogP contribution in [0.5, 0.6) is 0 Å². The molecule has 1 amide bonds. The Bertz CT molecular complexity index is 1140. The van der Waals surface area contributed by atoms with Gasteiger partial charge in [-0.15, -0.1) is 22.7 Å². The molecular formula is C18H9Cl3N2OS2. The van der Waals surface area contributed by atoms with Gasteiger partial charge in [0.2, 0.25) is 0 Å². The van der Waals surface area contributed by atoms with E-state index in [0.29, 0.717) is 30.8 Å². The standard InChI is InChI=1S/C18H9Cl3N2OS2/c19-11-6-5-9(7-12(11)20)13-8-25-18(22-13)23-17(24)16-15(21)10-3-1-2-4-14(10)26-16/h1-8H,(H,22,23,24). The molecule has 3 nitrogen and oxygen atoms in total. The molecule has 0 radical (unpaired) electrons. The van der Waals surface area contributed by atoms with E-state index >= 15 is 0 Å². The van der Waals surface area contributed by atoms with Gasteiger partial charge in [-0.3, -0.25) is 10.1 Å². The van der Waals surface area contributed by atoms with E-state index < -0.39 is 0 Å². The first-order valence-electron chi connectivity index (χ1n) is 7.42. The number of carbonyl (C=O) groups is 1. The SMILES string of the molecule is O=C(Nc1nc(-c2ccc(Cl)c(Cl)c2)cs1)c1sc2ccccc2c1Cl. The lowest BCUT2D eigenvalue weighted by Crippen LogP contribution is -2.10. The number of benzene rings is 2. The molecule has 0 saturated carbocycles. The van der Waals surface area contributed by atoms with Gasteiger partial charge in [-0.25, -0.2) is 4.98 Å². The molecule has 26 heavy (non-hydrogen) atoms. The monoisotopic (exact) mass is 438 g/mol. The molecule has 0 atom stereocenters. The second kappa shape index (κ2) is 7.18. The Labute approximate surface area is 172 Å². The third kappa shape index (κ3) is 3.33. The maximum atomic E-state index is 12.6. The molecule has 0 aliphatic rings. The molecule has 0 unspecified atom stereocenters. The van der Waals surface area contributed by atoms with Gasteiger partial charge in [0.25, 0.3) is 5.91 Å². The van der Waals surface area contributed by atoms with E-state index in [1.165, 1.54) is 22.7 Å². The second-order valence-corrected chi connectivity index (χ2v) is 8.46. The van der Waals surface area contributed by atoms with E-state index in [0.717, 1.165) is 15.6 Å². The van der Waals surface area contributed by atoms with Crippen molar-refractivity contribution in [1.29, 1.82) is 0 Å². The Balaban J connectivity index is 1.59. The van der Waals surface area contributed by atoms with Crippen LogP contribution < -0.4 is 5.32 Å². The van der Waals surface area contributed by atoms with E-state index in [1.54, 1.807) is 12.1 Å². The highest BCUT2D eigenvalue weighted by Gasteiger charge is 2.18. The van der Waals surface area contributed by atoms with Crippen LogP contribution in [0.2, 0.25) is 15.1 Å². The van der Waals surface area contributed by atoms with Gasteiger partial charge in [0.1, 0.15) is 4.88 Å². The fourth-order valence-corrected chi connectivity index (χ4v) is 4.86. The summed E-state index contributed by atoms with van der Waals surface area (Å²) in [5, 5.41) is 7.43. The van der Waals surface area contributed by atoms with Crippen molar-refractivity contribution in [3.63, 3.8) is 0 Å². The van der Waals surface area contributed by atoms with Crippen LogP contribution in [0.1, 0.15) is 9.67 Å². The summed E-state index contributed by atoms with van der Waals surface area (Å²) in [5.74, 6) is -0.272. The van der Waals surface area contributed by atoms with Crippen LogP contribution >= 0.6 is 57.5 Å². The average Bonchev–Trinajstić information content (AvgIpc) is 3.23. The molecule has 1 N–H and O–H groups in total. The topological polar surface area (TPSA) is 42.0 Å². The minimum atomic E-state index is -0.272. The first-order chi connectivity index (χ1) is 12.5. The predicted octanol–water partition coefficient (Wildman–Crippen LogP) is 7.24. The quantitative estimate of drug-likeness (QED) is 0.365. The van der Waals surface area contributed by atoms with Crippen molar-refractivity contribution in [2.45, 2.75) is 0 Å². The molecule has 0 fully saturated rings. The van der Waals surface area contributed by atoms with Gasteiger partial charge in [0, 0.05) is 21.0 Å². The molecule has 0 aliphatic heterocycles. The lowest BCUT2D eigenvalue weighted by Gasteiger charge is -2.01. The van der Waals surface area contributed by atoms with E-state index in [9.17, 15) is 4.79 Å². The number of hydrogen-bond acceptors (Lipinski definition) is 4. The van der Waals surface area contributed by atoms with Crippen LogP contribution in [0.15, 0.2) is 47.8 Å². The van der Waals surface area contributed by atoms with Gasteiger partial charge in [-0.2, -0.15) is 0 Å². The number of fused-ring (bicyclic) bond motifs is 1. The van der Waals surface area contributed by atoms with E-state index in [2.05, 4.69) is 10.3 Å². The maximum absolute atomic E-state index is 12.6. The number of halogens is 3. The second-order valence-electron chi connectivity index (χ2n) is 5.36. The summed E-state index contributed by atoms with van der Waals surface area (Å²) < 4.78 is 0.971. The van der Waals surface area contributed by atoms with Crippen molar-refractivity contribution in [1.82, 2.24) is 4.98 Å². The van der Waals surface area contributed by atoms with Gasteiger partial charge >= 0.3 is 0 Å². The zero-order chi connectivity index (χ0) is 18.3. The van der Waals surface area contributed by atoms with Crippen molar-refractivity contribution in [2.75, 3.05) is 5.32 Å². The Kier molecular flexibility index (Phi) is 4.90. The Hall–Kier alpha value is -1.63. The molecule has 2 aromatic carbocycles. The molecule has 0 saturated heterocycles.